The predicted molar refractivity (Wildman–Crippen MR) is 112 cm³/mol. The van der Waals surface area contributed by atoms with Crippen molar-refractivity contribution in [3.63, 3.8) is 0 Å². The van der Waals surface area contributed by atoms with Gasteiger partial charge in [0.05, 0.1) is 17.2 Å². The van der Waals surface area contributed by atoms with Crippen LogP contribution in [0.1, 0.15) is 19.4 Å². The zero-order valence-electron chi connectivity index (χ0n) is 17.1. The second kappa shape index (κ2) is 9.16. The number of benzene rings is 2. The number of carbonyl (C=O) groups excluding carboxylic acids is 2. The molecule has 11 heteroatoms. The van der Waals surface area contributed by atoms with Crippen LogP contribution in [0.5, 0.6) is 11.5 Å². The van der Waals surface area contributed by atoms with Crippen LogP contribution in [0.4, 0.5) is 11.4 Å². The second-order valence-corrected chi connectivity index (χ2v) is 6.63. The van der Waals surface area contributed by atoms with Crippen molar-refractivity contribution in [2.45, 2.75) is 20.0 Å². The van der Waals surface area contributed by atoms with Crippen LogP contribution in [-0.2, 0) is 14.4 Å². The number of nitro benzene ring substituents is 1. The van der Waals surface area contributed by atoms with E-state index in [0.717, 1.165) is 11.1 Å². The van der Waals surface area contributed by atoms with Crippen LogP contribution in [0.3, 0.4) is 0 Å². The average Bonchev–Trinajstić information content (AvgIpc) is 3.04. The Kier molecular flexibility index (Phi) is 6.38. The second-order valence-electron chi connectivity index (χ2n) is 6.63. The molecular formula is C21H19N3O8. The Morgan fingerprint density at radius 1 is 1.28 bits per heavy atom. The molecule has 1 saturated heterocycles. The smallest absolute Gasteiger partial charge is 0.344 e. The maximum absolute atomic E-state index is 12.8. The average molecular weight is 441 g/mol. The number of ether oxygens (including phenoxy) is 2. The molecule has 1 aliphatic rings. The molecule has 0 saturated carbocycles. The maximum Gasteiger partial charge on any atom is 0.344 e. The van der Waals surface area contributed by atoms with Crippen LogP contribution in [-0.4, -0.2) is 40.5 Å². The number of hydrogen-bond donors (Lipinski definition) is 2. The molecule has 0 bridgehead atoms. The Labute approximate surface area is 182 Å². The van der Waals surface area contributed by atoms with Gasteiger partial charge in [-0.05, 0) is 43.7 Å². The molecule has 11 nitrogen and oxygen atoms in total. The number of carboxylic acids is 1. The minimum absolute atomic E-state index is 0.0904. The molecule has 0 radical (unpaired) electrons. The molecule has 0 aromatic heterocycles. The number of nitrogens with one attached hydrogen (secondary N) is 1. The van der Waals surface area contributed by atoms with Crippen LogP contribution in [0.15, 0.2) is 48.0 Å². The Morgan fingerprint density at radius 3 is 2.56 bits per heavy atom. The van der Waals surface area contributed by atoms with Crippen LogP contribution < -0.4 is 19.9 Å². The first-order valence-electron chi connectivity index (χ1n) is 9.49. The molecular weight excluding hydrogens is 422 g/mol. The lowest BCUT2D eigenvalue weighted by molar-refractivity contribution is -0.386. The molecule has 1 atom stereocenters. The van der Waals surface area contributed by atoms with Crippen molar-refractivity contribution in [1.29, 1.82) is 0 Å². The molecule has 2 aromatic carbocycles. The zero-order chi connectivity index (χ0) is 23.4. The number of hydrogen-bond acceptors (Lipinski definition) is 7. The Balaban J connectivity index is 2.05. The largest absolute Gasteiger partial charge is 0.490 e. The highest BCUT2D eigenvalue weighted by atomic mass is 16.6. The third-order valence-electron chi connectivity index (χ3n) is 4.41. The van der Waals surface area contributed by atoms with Crippen LogP contribution in [0.2, 0.25) is 0 Å². The number of nitrogens with zero attached hydrogens (tertiary/aromatic N) is 2. The first kappa shape index (κ1) is 22.3. The number of hydrazine groups is 1. The summed E-state index contributed by atoms with van der Waals surface area (Å²) in [5.74, 6) is -3.09. The van der Waals surface area contributed by atoms with E-state index in [-0.39, 0.29) is 29.2 Å². The summed E-state index contributed by atoms with van der Waals surface area (Å²) in [5, 5.41) is 21.8. The van der Waals surface area contributed by atoms with E-state index < -0.39 is 34.5 Å². The van der Waals surface area contributed by atoms with Crippen molar-refractivity contribution >= 4 is 35.2 Å². The van der Waals surface area contributed by atoms with E-state index in [2.05, 4.69) is 5.43 Å². The van der Waals surface area contributed by atoms with Crippen molar-refractivity contribution in [2.75, 3.05) is 11.6 Å². The van der Waals surface area contributed by atoms with E-state index in [0.29, 0.717) is 5.69 Å². The number of amides is 2. The van der Waals surface area contributed by atoms with Gasteiger partial charge in [0.2, 0.25) is 5.75 Å². The van der Waals surface area contributed by atoms with Gasteiger partial charge in [-0.15, -0.1) is 0 Å². The zero-order valence-corrected chi connectivity index (χ0v) is 17.1. The number of carbonyl (C=O) groups is 3. The molecule has 0 aliphatic carbocycles. The van der Waals surface area contributed by atoms with Crippen molar-refractivity contribution in [3.8, 4) is 11.5 Å². The topological polar surface area (TPSA) is 148 Å². The molecule has 1 fully saturated rings. The van der Waals surface area contributed by atoms with E-state index in [1.165, 1.54) is 19.1 Å². The normalized spacial score (nSPS) is 15.4. The predicted octanol–water partition coefficient (Wildman–Crippen LogP) is 2.31. The van der Waals surface area contributed by atoms with Gasteiger partial charge in [-0.3, -0.25) is 25.1 Å². The van der Waals surface area contributed by atoms with E-state index in [9.17, 15) is 24.5 Å². The summed E-state index contributed by atoms with van der Waals surface area (Å²) in [6.45, 7) is 2.96. The lowest BCUT2D eigenvalue weighted by Crippen LogP contribution is -2.35. The van der Waals surface area contributed by atoms with Crippen molar-refractivity contribution < 1.29 is 33.9 Å². The highest BCUT2D eigenvalue weighted by molar-refractivity contribution is 6.31. The van der Waals surface area contributed by atoms with Gasteiger partial charge in [-0.25, -0.2) is 9.80 Å². The highest BCUT2D eigenvalue weighted by Gasteiger charge is 2.35. The summed E-state index contributed by atoms with van der Waals surface area (Å²) < 4.78 is 10.7. The van der Waals surface area contributed by atoms with Crippen LogP contribution in [0, 0.1) is 10.1 Å². The summed E-state index contributed by atoms with van der Waals surface area (Å²) in [7, 11) is 0. The molecule has 1 heterocycles. The first-order chi connectivity index (χ1) is 15.2. The Bertz CT molecular complexity index is 1110. The fourth-order valence-electron chi connectivity index (χ4n) is 2.92. The number of nitro groups is 1. The summed E-state index contributed by atoms with van der Waals surface area (Å²) in [6.07, 6.45) is -0.181. The SMILES string of the molecule is CCOc1cc(C=C2C(=O)NN(c3ccccc3)C2=O)cc([N+](=O)[O-])c1OC(C)C(=O)O. The standard InChI is InChI=1S/C21H19N3O8/c1-3-31-17-11-13(10-16(24(29)30)18(17)32-12(2)21(27)28)9-15-19(25)22-23(20(15)26)14-7-5-4-6-8-14/h4-12H,3H2,1-2H3,(H,22,25)(H,27,28). The maximum atomic E-state index is 12.8. The van der Waals surface area contributed by atoms with Gasteiger partial charge in [-0.2, -0.15) is 0 Å². The van der Waals surface area contributed by atoms with E-state index in [4.69, 9.17) is 14.6 Å². The molecule has 2 aromatic rings. The molecule has 2 amide bonds. The quantitative estimate of drug-likeness (QED) is 0.274. The molecule has 166 valence electrons. The summed E-state index contributed by atoms with van der Waals surface area (Å²) in [6, 6.07) is 10.8. The van der Waals surface area contributed by atoms with Gasteiger partial charge < -0.3 is 14.6 Å². The Hall–Kier alpha value is -4.41. The molecule has 0 spiro atoms. The summed E-state index contributed by atoms with van der Waals surface area (Å²) in [5.41, 5.74) is 2.21. The number of aliphatic carboxylic acids is 1. The van der Waals surface area contributed by atoms with Gasteiger partial charge >= 0.3 is 11.7 Å². The number of rotatable bonds is 8. The third kappa shape index (κ3) is 4.51. The van der Waals surface area contributed by atoms with E-state index in [1.54, 1.807) is 37.3 Å². The Morgan fingerprint density at radius 2 is 1.97 bits per heavy atom. The lowest BCUT2D eigenvalue weighted by Gasteiger charge is -2.15. The van der Waals surface area contributed by atoms with Gasteiger partial charge in [0.1, 0.15) is 5.57 Å². The number of carboxylic acid groups (broad SMARTS) is 1. The fourth-order valence-corrected chi connectivity index (χ4v) is 2.92. The minimum Gasteiger partial charge on any atom is -0.490 e. The first-order valence-corrected chi connectivity index (χ1v) is 9.49. The monoisotopic (exact) mass is 441 g/mol. The third-order valence-corrected chi connectivity index (χ3v) is 4.41. The van der Waals surface area contributed by atoms with Gasteiger partial charge in [0.25, 0.3) is 11.8 Å². The van der Waals surface area contributed by atoms with E-state index >= 15 is 0 Å². The summed E-state index contributed by atoms with van der Waals surface area (Å²) in [4.78, 5) is 47.2. The molecule has 32 heavy (non-hydrogen) atoms. The molecule has 2 N–H and O–H groups in total. The number of anilines is 1. The highest BCUT2D eigenvalue weighted by Crippen LogP contribution is 2.40. The minimum atomic E-state index is -1.38. The van der Waals surface area contributed by atoms with Crippen molar-refractivity contribution in [2.24, 2.45) is 0 Å². The van der Waals surface area contributed by atoms with E-state index in [1.807, 2.05) is 0 Å². The van der Waals surface area contributed by atoms with Crippen molar-refractivity contribution in [3.05, 3.63) is 63.7 Å². The molecule has 1 unspecified atom stereocenters. The molecule has 1 aliphatic heterocycles. The van der Waals surface area contributed by atoms with Crippen molar-refractivity contribution in [1.82, 2.24) is 5.43 Å². The fraction of sp³-hybridized carbons (Fsp3) is 0.190. The van der Waals surface area contributed by atoms with Gasteiger partial charge in [0, 0.05) is 6.07 Å². The summed E-state index contributed by atoms with van der Waals surface area (Å²) >= 11 is 0. The lowest BCUT2D eigenvalue weighted by atomic mass is 10.1. The van der Waals surface area contributed by atoms with Gasteiger partial charge in [0.15, 0.2) is 11.9 Å². The van der Waals surface area contributed by atoms with Crippen LogP contribution in [0.25, 0.3) is 6.08 Å². The number of para-hydroxylation sites is 1. The van der Waals surface area contributed by atoms with Gasteiger partial charge in [-0.1, -0.05) is 18.2 Å². The molecule has 3 rings (SSSR count). The van der Waals surface area contributed by atoms with Crippen LogP contribution >= 0.6 is 0 Å².